The minimum absolute atomic E-state index is 0. The van der Waals surface area contributed by atoms with Crippen LogP contribution in [0.2, 0.25) is 0 Å². The average molecular weight is 350 g/mol. The van der Waals surface area contributed by atoms with Crippen molar-refractivity contribution in [2.45, 2.75) is 12.5 Å². The molecule has 70 valence electrons. The van der Waals surface area contributed by atoms with Crippen LogP contribution >= 0.6 is 0 Å². The minimum atomic E-state index is -1.30. The fraction of sp³-hybridized carbons (Fsp3) is 0.222. The Labute approximate surface area is 90.7 Å². The molecule has 2 N–H and O–H groups in total. The van der Waals surface area contributed by atoms with Crippen molar-refractivity contribution in [3.8, 4) is 0 Å². The first-order valence-electron chi connectivity index (χ1n) is 3.65. The summed E-state index contributed by atoms with van der Waals surface area (Å²) in [5.41, 5.74) is 0.826. The van der Waals surface area contributed by atoms with Crippen LogP contribution in [0.5, 0.6) is 0 Å². The van der Waals surface area contributed by atoms with Crippen molar-refractivity contribution < 1.29 is 36.1 Å². The van der Waals surface area contributed by atoms with Crippen LogP contribution in [0.4, 0.5) is 0 Å². The normalized spacial score (nSPS) is 11.5. The maximum atomic E-state index is 10.3. The van der Waals surface area contributed by atoms with Crippen LogP contribution in [0.3, 0.4) is 0 Å². The molecule has 1 unspecified atom stereocenters. The first kappa shape index (κ1) is 12.3. The van der Waals surface area contributed by atoms with Crippen molar-refractivity contribution in [3.63, 3.8) is 0 Å². The molecule has 0 saturated heterocycles. The van der Waals surface area contributed by atoms with Gasteiger partial charge in [-0.15, -0.1) is 0 Å². The summed E-state index contributed by atoms with van der Waals surface area (Å²) in [7, 11) is 0. The summed E-state index contributed by atoms with van der Waals surface area (Å²) in [4.78, 5) is 10.3. The molecule has 0 aliphatic heterocycles. The Morgan fingerprint density at radius 2 is 1.85 bits per heavy atom. The third-order valence-electron chi connectivity index (χ3n) is 1.56. The molecule has 0 amide bonds. The van der Waals surface area contributed by atoms with E-state index < -0.39 is 12.1 Å². The summed E-state index contributed by atoms with van der Waals surface area (Å²) in [6.07, 6.45) is -1.14. The summed E-state index contributed by atoms with van der Waals surface area (Å²) < 4.78 is 0. The van der Waals surface area contributed by atoms with Gasteiger partial charge in [0, 0.05) is 27.5 Å². The Hall–Kier alpha value is -0.662. The van der Waals surface area contributed by atoms with Crippen molar-refractivity contribution in [3.05, 3.63) is 35.9 Å². The molecule has 1 aromatic rings. The zero-order valence-corrected chi connectivity index (χ0v) is 9.82. The van der Waals surface area contributed by atoms with E-state index in [4.69, 9.17) is 10.2 Å². The monoisotopic (exact) mass is 350 g/mol. The van der Waals surface area contributed by atoms with Gasteiger partial charge in [0.15, 0.2) is 6.10 Å². The van der Waals surface area contributed by atoms with Crippen LogP contribution in [0, 0.1) is 0 Å². The fourth-order valence-corrected chi connectivity index (χ4v) is 0.925. The zero-order valence-electron chi connectivity index (χ0n) is 6.88. The van der Waals surface area contributed by atoms with Crippen LogP contribution in [-0.2, 0) is 32.3 Å². The number of carbonyl (C=O) groups is 1. The summed E-state index contributed by atoms with van der Waals surface area (Å²) >= 11 is 0. The molecule has 0 aromatic heterocycles. The van der Waals surface area contributed by atoms with E-state index in [2.05, 4.69) is 0 Å². The van der Waals surface area contributed by atoms with Gasteiger partial charge in [-0.3, -0.25) is 0 Å². The van der Waals surface area contributed by atoms with Gasteiger partial charge in [-0.1, -0.05) is 30.3 Å². The molecule has 0 saturated carbocycles. The van der Waals surface area contributed by atoms with Gasteiger partial charge in [0.05, 0.1) is 0 Å². The fourth-order valence-electron chi connectivity index (χ4n) is 0.925. The van der Waals surface area contributed by atoms with Gasteiger partial charge in [-0.2, -0.15) is 0 Å². The molecule has 0 aliphatic rings. The zero-order chi connectivity index (χ0) is 8.97. The number of hydrogen-bond donors (Lipinski definition) is 2. The standard InChI is InChI=1S/C9H10O3.W/c10-8(9(11)12)6-7-4-2-1-3-5-7;/h1-5,8,10H,6H2,(H,11,12);. The third-order valence-corrected chi connectivity index (χ3v) is 1.56. The molecule has 1 aromatic carbocycles. The molecule has 0 aliphatic carbocycles. The second-order valence-electron chi connectivity index (χ2n) is 2.54. The molecule has 0 radical (unpaired) electrons. The van der Waals surface area contributed by atoms with Crippen molar-refractivity contribution in [2.24, 2.45) is 0 Å². The summed E-state index contributed by atoms with van der Waals surface area (Å²) in [6.45, 7) is 0. The van der Waals surface area contributed by atoms with E-state index in [1.807, 2.05) is 18.2 Å². The third kappa shape index (κ3) is 4.20. The van der Waals surface area contributed by atoms with Gasteiger partial charge in [0.1, 0.15) is 0 Å². The van der Waals surface area contributed by atoms with Gasteiger partial charge < -0.3 is 10.2 Å². The Kier molecular flexibility index (Phi) is 5.59. The number of aliphatic hydroxyl groups excluding tert-OH is 1. The molecular formula is C9H10O3W. The molecule has 0 bridgehead atoms. The number of hydrogen-bond acceptors (Lipinski definition) is 2. The number of aliphatic hydroxyl groups is 1. The average Bonchev–Trinajstić information content (AvgIpc) is 2.06. The van der Waals surface area contributed by atoms with Gasteiger partial charge in [-0.25, -0.2) is 4.79 Å². The summed E-state index contributed by atoms with van der Waals surface area (Å²) in [5.74, 6) is -1.18. The van der Waals surface area contributed by atoms with E-state index in [1.54, 1.807) is 12.1 Å². The largest absolute Gasteiger partial charge is 0.479 e. The van der Waals surface area contributed by atoms with E-state index in [9.17, 15) is 4.79 Å². The second kappa shape index (κ2) is 5.89. The predicted molar refractivity (Wildman–Crippen MR) is 43.8 cm³/mol. The Balaban J connectivity index is 0.00000144. The number of aliphatic carboxylic acids is 1. The second-order valence-corrected chi connectivity index (χ2v) is 2.54. The van der Waals surface area contributed by atoms with Crippen LogP contribution in [0.1, 0.15) is 5.56 Å². The maximum absolute atomic E-state index is 10.3. The first-order chi connectivity index (χ1) is 5.70. The molecule has 13 heavy (non-hydrogen) atoms. The SMILES string of the molecule is O=C(O)C(O)Cc1ccccc1.[W]. The number of rotatable bonds is 3. The number of carboxylic acid groups (broad SMARTS) is 1. The van der Waals surface area contributed by atoms with Crippen LogP contribution in [0.15, 0.2) is 30.3 Å². The molecule has 1 atom stereocenters. The molecule has 1 rings (SSSR count). The van der Waals surface area contributed by atoms with Gasteiger partial charge in [0.25, 0.3) is 0 Å². The van der Waals surface area contributed by atoms with Gasteiger partial charge in [0.2, 0.25) is 0 Å². The van der Waals surface area contributed by atoms with Gasteiger partial charge >= 0.3 is 5.97 Å². The molecule has 0 heterocycles. The van der Waals surface area contributed by atoms with Crippen molar-refractivity contribution in [1.82, 2.24) is 0 Å². The topological polar surface area (TPSA) is 57.5 Å². The first-order valence-corrected chi connectivity index (χ1v) is 3.65. The number of carboxylic acids is 1. The van der Waals surface area contributed by atoms with E-state index >= 15 is 0 Å². The summed E-state index contributed by atoms with van der Waals surface area (Å²) in [6, 6.07) is 9.03. The quantitative estimate of drug-likeness (QED) is 0.843. The molecule has 4 heteroatoms. The van der Waals surface area contributed by atoms with E-state index in [1.165, 1.54) is 0 Å². The van der Waals surface area contributed by atoms with Gasteiger partial charge in [-0.05, 0) is 5.56 Å². The molecule has 3 nitrogen and oxygen atoms in total. The van der Waals surface area contributed by atoms with Crippen LogP contribution in [-0.4, -0.2) is 22.3 Å². The number of benzene rings is 1. The molecule has 0 spiro atoms. The predicted octanol–water partition coefficient (Wildman–Crippen LogP) is 0.672. The maximum Gasteiger partial charge on any atom is 0.332 e. The summed E-state index contributed by atoms with van der Waals surface area (Å²) in [5, 5.41) is 17.4. The Morgan fingerprint density at radius 3 is 2.31 bits per heavy atom. The molecule has 0 fully saturated rings. The van der Waals surface area contributed by atoms with E-state index in [-0.39, 0.29) is 27.5 Å². The minimum Gasteiger partial charge on any atom is -0.479 e. The van der Waals surface area contributed by atoms with Crippen molar-refractivity contribution in [1.29, 1.82) is 0 Å². The van der Waals surface area contributed by atoms with Crippen molar-refractivity contribution in [2.75, 3.05) is 0 Å². The van der Waals surface area contributed by atoms with Crippen molar-refractivity contribution >= 4 is 5.97 Å². The Bertz CT molecular complexity index is 261. The van der Waals surface area contributed by atoms with E-state index in [0.717, 1.165) is 5.56 Å². The van der Waals surface area contributed by atoms with E-state index in [0.29, 0.717) is 0 Å². The van der Waals surface area contributed by atoms with Crippen LogP contribution in [0.25, 0.3) is 0 Å². The molecular weight excluding hydrogens is 340 g/mol. The smallest absolute Gasteiger partial charge is 0.332 e. The Morgan fingerprint density at radius 1 is 1.31 bits per heavy atom. The van der Waals surface area contributed by atoms with Crippen LogP contribution < -0.4 is 0 Å².